The molecule has 5 amide bonds. The quantitative estimate of drug-likeness (QED) is 0.150. The fourth-order valence-corrected chi connectivity index (χ4v) is 5.54. The molecule has 11 nitrogen and oxygen atoms in total. The number of piperidine rings is 1. The summed E-state index contributed by atoms with van der Waals surface area (Å²) in [6.45, 7) is 1.01. The van der Waals surface area contributed by atoms with Gasteiger partial charge in [0.15, 0.2) is 0 Å². The second-order valence-electron chi connectivity index (χ2n) is 10.7. The van der Waals surface area contributed by atoms with Gasteiger partial charge in [0, 0.05) is 36.3 Å². The van der Waals surface area contributed by atoms with Gasteiger partial charge in [0.25, 0.3) is 11.8 Å². The molecule has 1 fully saturated rings. The second-order valence-corrected chi connectivity index (χ2v) is 10.7. The van der Waals surface area contributed by atoms with Crippen LogP contribution in [0.15, 0.2) is 77.5 Å². The summed E-state index contributed by atoms with van der Waals surface area (Å²) < 4.78 is 6.10. The van der Waals surface area contributed by atoms with Crippen molar-refractivity contribution in [2.75, 3.05) is 13.1 Å². The zero-order chi connectivity index (χ0) is 31.3. The van der Waals surface area contributed by atoms with Crippen LogP contribution in [0, 0.1) is 11.8 Å². The summed E-state index contributed by atoms with van der Waals surface area (Å²) in [7, 11) is 0. The lowest BCUT2D eigenvalue weighted by Crippen LogP contribution is -2.54. The predicted octanol–water partition coefficient (Wildman–Crippen LogP) is 2.86. The minimum absolute atomic E-state index is 0.0357. The van der Waals surface area contributed by atoms with Crippen molar-refractivity contribution in [3.05, 3.63) is 101 Å². The number of carbonyl (C=O) groups excluding carboxylic acids is 5. The first-order valence-corrected chi connectivity index (χ1v) is 14.6. The van der Waals surface area contributed by atoms with Gasteiger partial charge in [-0.05, 0) is 55.3 Å². The summed E-state index contributed by atoms with van der Waals surface area (Å²) in [6, 6.07) is 17.1. The van der Waals surface area contributed by atoms with Gasteiger partial charge in [-0.15, -0.1) is 0 Å². The standard InChI is InChI=1S/C34H29N5O6/c40-28(36-17-6-18-37-31(23-10-5-16-35-20-23)27-19-22-7-1-2-12-26(22)45-27)13-4-9-21-8-3-11-24-30(21)34(44)39(33(24)43)25-14-15-29(41)38-32(25)42/h1-3,5,7-8,10-12,16,19-20,25,31,37H,6,13-15,17-18H2,(H,36,40)(H,38,41,42). The molecule has 0 aliphatic carbocycles. The molecular formula is C34H29N5O6. The molecule has 2 aliphatic heterocycles. The molecule has 6 rings (SSSR count). The van der Waals surface area contributed by atoms with E-state index in [1.807, 2.05) is 42.5 Å². The molecule has 2 unspecified atom stereocenters. The molecule has 1 saturated heterocycles. The van der Waals surface area contributed by atoms with E-state index in [-0.39, 0.29) is 42.3 Å². The Bertz CT molecular complexity index is 1840. The molecule has 0 radical (unpaired) electrons. The number of nitrogens with one attached hydrogen (secondary N) is 3. The van der Waals surface area contributed by atoms with E-state index < -0.39 is 29.7 Å². The number of pyridine rings is 1. The normalized spacial score (nSPS) is 16.6. The van der Waals surface area contributed by atoms with Crippen molar-refractivity contribution >= 4 is 40.5 Å². The largest absolute Gasteiger partial charge is 0.459 e. The first-order valence-electron chi connectivity index (χ1n) is 14.6. The van der Waals surface area contributed by atoms with Crippen LogP contribution >= 0.6 is 0 Å². The van der Waals surface area contributed by atoms with Crippen molar-refractivity contribution in [1.29, 1.82) is 0 Å². The Morgan fingerprint density at radius 2 is 1.91 bits per heavy atom. The van der Waals surface area contributed by atoms with Crippen LogP contribution in [0.2, 0.25) is 0 Å². The highest BCUT2D eigenvalue weighted by molar-refractivity contribution is 6.24. The van der Waals surface area contributed by atoms with E-state index in [1.165, 1.54) is 6.07 Å². The number of rotatable bonds is 9. The first kappa shape index (κ1) is 29.5. The highest BCUT2D eigenvalue weighted by Gasteiger charge is 2.45. The van der Waals surface area contributed by atoms with Crippen molar-refractivity contribution in [3.63, 3.8) is 0 Å². The molecule has 2 aromatic carbocycles. The number of benzene rings is 2. The first-order chi connectivity index (χ1) is 21.9. The summed E-state index contributed by atoms with van der Waals surface area (Å²) in [4.78, 5) is 67.7. The highest BCUT2D eigenvalue weighted by atomic mass is 16.3. The zero-order valence-electron chi connectivity index (χ0n) is 24.2. The average Bonchev–Trinajstić information content (AvgIpc) is 3.58. The van der Waals surface area contributed by atoms with E-state index in [0.29, 0.717) is 25.1 Å². The molecule has 0 saturated carbocycles. The zero-order valence-corrected chi connectivity index (χ0v) is 24.2. The van der Waals surface area contributed by atoms with Gasteiger partial charge in [-0.1, -0.05) is 42.2 Å². The van der Waals surface area contributed by atoms with Crippen LogP contribution in [-0.2, 0) is 14.4 Å². The molecule has 2 aliphatic rings. The molecule has 0 spiro atoms. The molecule has 3 N–H and O–H groups in total. The third-order valence-corrected chi connectivity index (χ3v) is 7.71. The Hall–Kier alpha value is -5.60. The van der Waals surface area contributed by atoms with Gasteiger partial charge in [-0.2, -0.15) is 0 Å². The van der Waals surface area contributed by atoms with E-state index >= 15 is 0 Å². The molecule has 4 heterocycles. The van der Waals surface area contributed by atoms with E-state index in [1.54, 1.807) is 24.5 Å². The number of amides is 5. The molecule has 2 atom stereocenters. The molecule has 2 aromatic heterocycles. The summed E-state index contributed by atoms with van der Waals surface area (Å²) in [5.41, 5.74) is 2.30. The molecule has 11 heteroatoms. The van der Waals surface area contributed by atoms with Crippen molar-refractivity contribution in [2.24, 2.45) is 0 Å². The van der Waals surface area contributed by atoms with Gasteiger partial charge in [0.2, 0.25) is 17.7 Å². The smallest absolute Gasteiger partial charge is 0.263 e. The number of hydrogen-bond acceptors (Lipinski definition) is 8. The fourth-order valence-electron chi connectivity index (χ4n) is 5.54. The van der Waals surface area contributed by atoms with Crippen molar-refractivity contribution < 1.29 is 28.4 Å². The monoisotopic (exact) mass is 603 g/mol. The number of para-hydroxylation sites is 1. The van der Waals surface area contributed by atoms with E-state index in [0.717, 1.165) is 27.2 Å². The van der Waals surface area contributed by atoms with Crippen molar-refractivity contribution in [2.45, 2.75) is 37.8 Å². The third-order valence-electron chi connectivity index (χ3n) is 7.71. The molecule has 226 valence electrons. The van der Waals surface area contributed by atoms with Crippen LogP contribution in [0.3, 0.4) is 0 Å². The number of nitrogens with zero attached hydrogens (tertiary/aromatic N) is 2. The van der Waals surface area contributed by atoms with Gasteiger partial charge in [-0.3, -0.25) is 39.2 Å². The van der Waals surface area contributed by atoms with Crippen LogP contribution in [0.5, 0.6) is 0 Å². The van der Waals surface area contributed by atoms with Crippen molar-refractivity contribution in [1.82, 2.24) is 25.8 Å². The number of furan rings is 1. The van der Waals surface area contributed by atoms with Crippen LogP contribution in [0.1, 0.15) is 69.3 Å². The Kier molecular flexibility index (Phi) is 8.48. The third kappa shape index (κ3) is 6.23. The summed E-state index contributed by atoms with van der Waals surface area (Å²) >= 11 is 0. The van der Waals surface area contributed by atoms with E-state index in [9.17, 15) is 24.0 Å². The number of fused-ring (bicyclic) bond motifs is 2. The van der Waals surface area contributed by atoms with Gasteiger partial charge in [0.1, 0.15) is 17.4 Å². The Balaban J connectivity index is 1.02. The Labute approximate surface area is 258 Å². The van der Waals surface area contributed by atoms with Gasteiger partial charge >= 0.3 is 0 Å². The van der Waals surface area contributed by atoms with E-state index in [2.05, 4.69) is 32.8 Å². The van der Waals surface area contributed by atoms with E-state index in [4.69, 9.17) is 4.42 Å². The van der Waals surface area contributed by atoms with Crippen LogP contribution in [-0.4, -0.2) is 58.6 Å². The average molecular weight is 604 g/mol. The Morgan fingerprint density at radius 3 is 2.71 bits per heavy atom. The highest BCUT2D eigenvalue weighted by Crippen LogP contribution is 2.30. The summed E-state index contributed by atoms with van der Waals surface area (Å²) in [5.74, 6) is 3.76. The van der Waals surface area contributed by atoms with Gasteiger partial charge < -0.3 is 15.1 Å². The Morgan fingerprint density at radius 1 is 1.04 bits per heavy atom. The summed E-state index contributed by atoms with van der Waals surface area (Å²) in [5, 5.41) is 9.54. The predicted molar refractivity (Wildman–Crippen MR) is 163 cm³/mol. The maximum atomic E-state index is 13.2. The fraction of sp³-hybridized carbons (Fsp3) is 0.235. The minimum atomic E-state index is -1.06. The number of carbonyl (C=O) groups is 5. The number of imide groups is 2. The number of aromatic nitrogens is 1. The lowest BCUT2D eigenvalue weighted by atomic mass is 10.0. The minimum Gasteiger partial charge on any atom is -0.459 e. The van der Waals surface area contributed by atoms with Crippen LogP contribution in [0.25, 0.3) is 11.0 Å². The molecule has 4 aromatic rings. The van der Waals surface area contributed by atoms with Crippen molar-refractivity contribution in [3.8, 4) is 11.8 Å². The molecule has 0 bridgehead atoms. The lowest BCUT2D eigenvalue weighted by Gasteiger charge is -2.27. The molecular weight excluding hydrogens is 574 g/mol. The van der Waals surface area contributed by atoms with Crippen LogP contribution < -0.4 is 16.0 Å². The second kappa shape index (κ2) is 13.0. The van der Waals surface area contributed by atoms with Crippen LogP contribution in [0.4, 0.5) is 0 Å². The SMILES string of the molecule is O=C(CC#Cc1cccc2c1C(=O)N(C1CCC(=O)NC1=O)C2=O)NCCCNC(c1cccnc1)c1cc2ccccc2o1. The lowest BCUT2D eigenvalue weighted by molar-refractivity contribution is -0.136. The van der Waals surface area contributed by atoms with Gasteiger partial charge in [-0.25, -0.2) is 0 Å². The maximum Gasteiger partial charge on any atom is 0.263 e. The number of hydrogen-bond donors (Lipinski definition) is 3. The maximum absolute atomic E-state index is 13.2. The van der Waals surface area contributed by atoms with Gasteiger partial charge in [0.05, 0.1) is 23.6 Å². The topological polar surface area (TPSA) is 151 Å². The molecule has 45 heavy (non-hydrogen) atoms. The summed E-state index contributed by atoms with van der Waals surface area (Å²) in [6.07, 6.45) is 4.16.